The van der Waals surface area contributed by atoms with Crippen molar-refractivity contribution in [3.05, 3.63) is 0 Å². The van der Waals surface area contributed by atoms with Crippen molar-refractivity contribution < 1.29 is 14.4 Å². The molecule has 1 fully saturated rings. The third-order valence-corrected chi connectivity index (χ3v) is 4.34. The Bertz CT molecular complexity index is 362. The minimum Gasteiger partial charge on any atom is -0.274 e. The van der Waals surface area contributed by atoms with E-state index in [0.29, 0.717) is 13.1 Å². The van der Waals surface area contributed by atoms with Gasteiger partial charge in [-0.05, 0) is 12.8 Å². The van der Waals surface area contributed by atoms with Crippen molar-refractivity contribution in [1.29, 1.82) is 0 Å². The molecule has 0 aliphatic carbocycles. The van der Waals surface area contributed by atoms with Crippen LogP contribution in [0.5, 0.6) is 0 Å². The van der Waals surface area contributed by atoms with Gasteiger partial charge in [0.2, 0.25) is 11.8 Å². The largest absolute Gasteiger partial charge is 0.333 e. The number of urea groups is 1. The first-order valence-electron chi connectivity index (χ1n) is 9.26. The van der Waals surface area contributed by atoms with Gasteiger partial charge in [0.25, 0.3) is 0 Å². The highest BCUT2D eigenvalue weighted by Gasteiger charge is 2.36. The minimum atomic E-state index is -0.405. The average Bonchev–Trinajstić information content (AvgIpc) is 2.52. The smallest absolute Gasteiger partial charge is 0.274 e. The maximum atomic E-state index is 12.4. The van der Waals surface area contributed by atoms with Gasteiger partial charge in [0.05, 0.1) is 0 Å². The summed E-state index contributed by atoms with van der Waals surface area (Å²) in [5.41, 5.74) is 0. The van der Waals surface area contributed by atoms with Gasteiger partial charge in [-0.15, -0.1) is 0 Å². The molecule has 5 heteroatoms. The maximum absolute atomic E-state index is 12.4. The Labute approximate surface area is 140 Å². The van der Waals surface area contributed by atoms with E-state index in [4.69, 9.17) is 0 Å². The van der Waals surface area contributed by atoms with Crippen molar-refractivity contribution in [2.45, 2.75) is 84.5 Å². The van der Waals surface area contributed by atoms with Gasteiger partial charge >= 0.3 is 6.03 Å². The zero-order chi connectivity index (χ0) is 17.1. The number of unbranched alkanes of at least 4 members (excludes halogenated alkanes) is 8. The molecule has 132 valence electrons. The second-order valence-corrected chi connectivity index (χ2v) is 6.38. The topological polar surface area (TPSA) is 57.7 Å². The predicted octanol–water partition coefficient (Wildman–Crippen LogP) is 4.11. The number of nitrogens with zero attached hydrogens (tertiary/aromatic N) is 2. The lowest BCUT2D eigenvalue weighted by molar-refractivity contribution is -0.142. The minimum absolute atomic E-state index is 0.157. The molecule has 23 heavy (non-hydrogen) atoms. The molecule has 0 aromatic carbocycles. The van der Waals surface area contributed by atoms with Crippen molar-refractivity contribution in [1.82, 2.24) is 9.80 Å². The van der Waals surface area contributed by atoms with E-state index >= 15 is 0 Å². The van der Waals surface area contributed by atoms with E-state index in [-0.39, 0.29) is 18.2 Å². The first-order chi connectivity index (χ1) is 11.1. The van der Waals surface area contributed by atoms with E-state index in [2.05, 4.69) is 13.8 Å². The summed E-state index contributed by atoms with van der Waals surface area (Å²) < 4.78 is 0. The Morgan fingerprint density at radius 2 is 1.04 bits per heavy atom. The van der Waals surface area contributed by atoms with Crippen molar-refractivity contribution in [3.63, 3.8) is 0 Å². The number of barbiturate groups is 1. The molecular weight excluding hydrogens is 292 g/mol. The molecule has 1 aliphatic heterocycles. The Morgan fingerprint density at radius 1 is 0.652 bits per heavy atom. The van der Waals surface area contributed by atoms with Crippen LogP contribution in [0.25, 0.3) is 0 Å². The van der Waals surface area contributed by atoms with Crippen LogP contribution in [-0.2, 0) is 9.59 Å². The molecule has 4 amide bonds. The highest BCUT2D eigenvalue weighted by atomic mass is 16.2. The van der Waals surface area contributed by atoms with Crippen LogP contribution in [0, 0.1) is 0 Å². The van der Waals surface area contributed by atoms with Gasteiger partial charge in [-0.2, -0.15) is 0 Å². The van der Waals surface area contributed by atoms with Crippen LogP contribution >= 0.6 is 0 Å². The summed E-state index contributed by atoms with van der Waals surface area (Å²) in [5.74, 6) is -0.671. The number of rotatable bonds is 12. The third kappa shape index (κ3) is 6.71. The Balaban J connectivity index is 2.41. The number of hydrogen-bond donors (Lipinski definition) is 0. The van der Waals surface area contributed by atoms with Crippen LogP contribution in [0.4, 0.5) is 4.79 Å². The molecular formula is C18H32N2O3. The fraction of sp³-hybridized carbons (Fsp3) is 0.833. The lowest BCUT2D eigenvalue weighted by atomic mass is 10.1. The molecule has 0 saturated carbocycles. The normalized spacial score (nSPS) is 15.7. The summed E-state index contributed by atoms with van der Waals surface area (Å²) in [6.07, 6.45) is 10.5. The average molecular weight is 324 g/mol. The lowest BCUT2D eigenvalue weighted by Gasteiger charge is -2.32. The Hall–Kier alpha value is -1.39. The SMILES string of the molecule is CCCCCCCN1C(=O)CC(=O)N(CCCCCCC)C1=O. The van der Waals surface area contributed by atoms with Gasteiger partial charge in [0.1, 0.15) is 6.42 Å². The second-order valence-electron chi connectivity index (χ2n) is 6.38. The molecule has 0 N–H and O–H groups in total. The molecule has 0 spiro atoms. The number of imide groups is 2. The first kappa shape index (κ1) is 19.7. The van der Waals surface area contributed by atoms with Crippen molar-refractivity contribution >= 4 is 17.8 Å². The zero-order valence-corrected chi connectivity index (χ0v) is 14.8. The van der Waals surface area contributed by atoms with Crippen LogP contribution in [0.15, 0.2) is 0 Å². The molecule has 1 saturated heterocycles. The van der Waals surface area contributed by atoms with Crippen molar-refractivity contribution in [3.8, 4) is 0 Å². The molecule has 1 aliphatic rings. The Kier molecular flexibility index (Phi) is 9.57. The number of amides is 4. The Morgan fingerprint density at radius 3 is 1.43 bits per heavy atom. The van der Waals surface area contributed by atoms with E-state index in [1.165, 1.54) is 35.5 Å². The molecule has 0 unspecified atom stereocenters. The summed E-state index contributed by atoms with van der Waals surface area (Å²) in [4.78, 5) is 38.9. The van der Waals surface area contributed by atoms with Gasteiger partial charge in [-0.1, -0.05) is 65.2 Å². The van der Waals surface area contributed by atoms with E-state index < -0.39 is 6.03 Å². The van der Waals surface area contributed by atoms with Crippen LogP contribution < -0.4 is 0 Å². The van der Waals surface area contributed by atoms with E-state index in [1.54, 1.807) is 0 Å². The summed E-state index contributed by atoms with van der Waals surface area (Å²) in [7, 11) is 0. The van der Waals surface area contributed by atoms with E-state index in [0.717, 1.165) is 38.5 Å². The fourth-order valence-electron chi connectivity index (χ4n) is 2.87. The highest BCUT2D eigenvalue weighted by Crippen LogP contribution is 2.15. The molecule has 0 aromatic rings. The van der Waals surface area contributed by atoms with Gasteiger partial charge in [-0.3, -0.25) is 19.4 Å². The summed E-state index contributed by atoms with van der Waals surface area (Å²) in [6, 6.07) is -0.405. The number of hydrogen-bond acceptors (Lipinski definition) is 3. The van der Waals surface area contributed by atoms with Crippen LogP contribution in [0.2, 0.25) is 0 Å². The molecule has 1 rings (SSSR count). The van der Waals surface area contributed by atoms with Crippen LogP contribution in [-0.4, -0.2) is 40.7 Å². The molecule has 0 atom stereocenters. The third-order valence-electron chi connectivity index (χ3n) is 4.34. The monoisotopic (exact) mass is 324 g/mol. The second kappa shape index (κ2) is 11.2. The maximum Gasteiger partial charge on any atom is 0.333 e. The molecule has 0 aromatic heterocycles. The van der Waals surface area contributed by atoms with Gasteiger partial charge < -0.3 is 0 Å². The number of carbonyl (C=O) groups excluding carboxylic acids is 3. The molecule has 5 nitrogen and oxygen atoms in total. The molecule has 0 radical (unpaired) electrons. The van der Waals surface area contributed by atoms with Crippen LogP contribution in [0.3, 0.4) is 0 Å². The van der Waals surface area contributed by atoms with Gasteiger partial charge in [0.15, 0.2) is 0 Å². The van der Waals surface area contributed by atoms with Crippen LogP contribution in [0.1, 0.15) is 84.5 Å². The molecule has 0 bridgehead atoms. The summed E-state index contributed by atoms with van der Waals surface area (Å²) in [5, 5.41) is 0. The van der Waals surface area contributed by atoms with Gasteiger partial charge in [0, 0.05) is 13.1 Å². The van der Waals surface area contributed by atoms with E-state index in [9.17, 15) is 14.4 Å². The zero-order valence-electron chi connectivity index (χ0n) is 14.8. The van der Waals surface area contributed by atoms with Gasteiger partial charge in [-0.25, -0.2) is 4.79 Å². The summed E-state index contributed by atoms with van der Waals surface area (Å²) in [6.45, 7) is 5.20. The standard InChI is InChI=1S/C18H32N2O3/c1-3-5-7-9-11-13-19-16(21)15-17(22)20(18(19)23)14-12-10-8-6-4-2/h3-15H2,1-2H3. The molecule has 1 heterocycles. The van der Waals surface area contributed by atoms with Crippen molar-refractivity contribution in [2.75, 3.05) is 13.1 Å². The predicted molar refractivity (Wildman–Crippen MR) is 91.0 cm³/mol. The van der Waals surface area contributed by atoms with Crippen molar-refractivity contribution in [2.24, 2.45) is 0 Å². The van der Waals surface area contributed by atoms with E-state index in [1.807, 2.05) is 0 Å². The number of carbonyl (C=O) groups is 3. The quantitative estimate of drug-likeness (QED) is 0.401. The highest BCUT2D eigenvalue weighted by molar-refractivity contribution is 6.14. The fourth-order valence-corrected chi connectivity index (χ4v) is 2.87. The summed E-state index contributed by atoms with van der Waals surface area (Å²) >= 11 is 0. The first-order valence-corrected chi connectivity index (χ1v) is 9.26. The lowest BCUT2D eigenvalue weighted by Crippen LogP contribution is -2.55.